The molecule has 3 heterocycles. The van der Waals surface area contributed by atoms with E-state index in [1.807, 2.05) is 23.6 Å². The maximum Gasteiger partial charge on any atom is 0.235 e. The molecule has 0 fully saturated rings. The minimum absolute atomic E-state index is 0.185. The number of amides is 1. The van der Waals surface area contributed by atoms with Gasteiger partial charge in [-0.1, -0.05) is 17.8 Å². The van der Waals surface area contributed by atoms with E-state index in [1.165, 1.54) is 23.1 Å². The van der Waals surface area contributed by atoms with Crippen molar-refractivity contribution in [1.82, 2.24) is 15.2 Å². The van der Waals surface area contributed by atoms with Gasteiger partial charge in [-0.3, -0.25) is 9.89 Å². The van der Waals surface area contributed by atoms with Crippen molar-refractivity contribution in [3.8, 4) is 16.8 Å². The number of hydrogen-bond donors (Lipinski definition) is 2. The van der Waals surface area contributed by atoms with Gasteiger partial charge in [0.05, 0.1) is 16.2 Å². The van der Waals surface area contributed by atoms with Crippen molar-refractivity contribution in [2.45, 2.75) is 5.16 Å². The van der Waals surface area contributed by atoms with Crippen LogP contribution in [0.1, 0.15) is 5.56 Å². The molecular formula is C13H9N5OS3. The van der Waals surface area contributed by atoms with E-state index in [4.69, 9.17) is 5.26 Å². The van der Waals surface area contributed by atoms with E-state index in [0.29, 0.717) is 21.5 Å². The van der Waals surface area contributed by atoms with Gasteiger partial charge in [-0.05, 0) is 22.9 Å². The Morgan fingerprint density at radius 1 is 1.41 bits per heavy atom. The molecule has 0 unspecified atom stereocenters. The summed E-state index contributed by atoms with van der Waals surface area (Å²) in [5.74, 6) is 0.694. The number of rotatable bonds is 5. The van der Waals surface area contributed by atoms with Crippen molar-refractivity contribution in [3.05, 3.63) is 34.5 Å². The fourth-order valence-electron chi connectivity index (χ4n) is 1.62. The predicted octanol–water partition coefficient (Wildman–Crippen LogP) is 3.20. The molecule has 0 spiro atoms. The van der Waals surface area contributed by atoms with Gasteiger partial charge in [-0.2, -0.15) is 5.26 Å². The number of thioether (sulfide) groups is 1. The van der Waals surface area contributed by atoms with Crippen molar-refractivity contribution in [2.75, 3.05) is 11.1 Å². The summed E-state index contributed by atoms with van der Waals surface area (Å²) in [6, 6.07) is 7.60. The van der Waals surface area contributed by atoms with Crippen LogP contribution in [0.15, 0.2) is 34.1 Å². The topological polar surface area (TPSA) is 94.5 Å². The van der Waals surface area contributed by atoms with E-state index < -0.39 is 0 Å². The smallest absolute Gasteiger partial charge is 0.235 e. The highest BCUT2D eigenvalue weighted by Crippen LogP contribution is 2.24. The molecule has 3 aromatic rings. The quantitative estimate of drug-likeness (QED) is 0.691. The molecule has 3 aromatic heterocycles. The Hall–Kier alpha value is -2.15. The Morgan fingerprint density at radius 2 is 2.32 bits per heavy atom. The number of aromatic amines is 1. The van der Waals surface area contributed by atoms with Gasteiger partial charge in [-0.25, -0.2) is 4.98 Å². The lowest BCUT2D eigenvalue weighted by Gasteiger charge is -2.01. The average molecular weight is 347 g/mol. The fraction of sp³-hybridized carbons (Fsp3) is 0.0769. The van der Waals surface area contributed by atoms with Gasteiger partial charge in [0.15, 0.2) is 5.82 Å². The highest BCUT2D eigenvalue weighted by atomic mass is 32.2. The lowest BCUT2D eigenvalue weighted by molar-refractivity contribution is -0.113. The minimum Gasteiger partial charge on any atom is -0.316 e. The Morgan fingerprint density at radius 3 is 3.09 bits per heavy atom. The Labute approximate surface area is 138 Å². The molecule has 0 radical (unpaired) electrons. The summed E-state index contributed by atoms with van der Waals surface area (Å²) in [5.41, 5.74) is 0.473. The lowest BCUT2D eigenvalue weighted by Crippen LogP contribution is -2.13. The highest BCUT2D eigenvalue weighted by Gasteiger charge is 2.11. The zero-order valence-corrected chi connectivity index (χ0v) is 13.5. The van der Waals surface area contributed by atoms with Crippen LogP contribution in [0.3, 0.4) is 0 Å². The standard InChI is InChI=1S/C13H9N5OS3/c14-6-8-3-5-21-12(8)15-10(19)7-22-13-16-11(17-18-13)9-2-1-4-20-9/h1-5H,7H2,(H,15,19)(H,16,17,18). The number of carbonyl (C=O) groups is 1. The van der Waals surface area contributed by atoms with Crippen LogP contribution in [0.4, 0.5) is 5.00 Å². The van der Waals surface area contributed by atoms with E-state index in [1.54, 1.807) is 22.8 Å². The van der Waals surface area contributed by atoms with Crippen LogP contribution in [0.2, 0.25) is 0 Å². The Bertz CT molecular complexity index is 815. The molecule has 22 heavy (non-hydrogen) atoms. The molecule has 0 saturated carbocycles. The first-order chi connectivity index (χ1) is 10.8. The first kappa shape index (κ1) is 14.8. The first-order valence-electron chi connectivity index (χ1n) is 6.13. The number of thiophene rings is 2. The summed E-state index contributed by atoms with van der Waals surface area (Å²) >= 11 is 4.14. The molecule has 0 aliphatic rings. The van der Waals surface area contributed by atoms with Crippen LogP contribution in [0, 0.1) is 11.3 Å². The third-order valence-corrected chi connectivity index (χ3v) is 5.14. The first-order valence-corrected chi connectivity index (χ1v) is 8.87. The summed E-state index contributed by atoms with van der Waals surface area (Å²) in [6.45, 7) is 0. The number of carbonyl (C=O) groups excluding carboxylic acids is 1. The molecule has 0 atom stereocenters. The summed E-state index contributed by atoms with van der Waals surface area (Å²) in [6.07, 6.45) is 0. The van der Waals surface area contributed by atoms with E-state index in [9.17, 15) is 4.79 Å². The normalized spacial score (nSPS) is 10.3. The minimum atomic E-state index is -0.188. The molecule has 0 aliphatic carbocycles. The SMILES string of the molecule is N#Cc1ccsc1NC(=O)CSc1n[nH]c(-c2cccs2)n1. The van der Waals surface area contributed by atoms with Gasteiger partial charge in [-0.15, -0.1) is 27.8 Å². The van der Waals surface area contributed by atoms with Crippen molar-refractivity contribution >= 4 is 45.3 Å². The molecule has 0 bridgehead atoms. The summed E-state index contributed by atoms with van der Waals surface area (Å²) < 4.78 is 0. The molecule has 0 aromatic carbocycles. The van der Waals surface area contributed by atoms with Crippen LogP contribution in [-0.4, -0.2) is 26.8 Å². The maximum absolute atomic E-state index is 11.9. The Kier molecular flexibility index (Phi) is 4.53. The van der Waals surface area contributed by atoms with Gasteiger partial charge >= 0.3 is 0 Å². The summed E-state index contributed by atoms with van der Waals surface area (Å²) in [5, 5.41) is 23.4. The molecule has 0 aliphatic heterocycles. The van der Waals surface area contributed by atoms with E-state index in [-0.39, 0.29) is 11.7 Å². The van der Waals surface area contributed by atoms with Crippen molar-refractivity contribution in [2.24, 2.45) is 0 Å². The molecule has 0 saturated heterocycles. The Balaban J connectivity index is 1.56. The second-order valence-corrected chi connectivity index (χ2v) is 6.86. The van der Waals surface area contributed by atoms with Crippen LogP contribution in [-0.2, 0) is 4.79 Å². The number of aromatic nitrogens is 3. The van der Waals surface area contributed by atoms with E-state index in [2.05, 4.69) is 20.5 Å². The van der Waals surface area contributed by atoms with Crippen LogP contribution < -0.4 is 5.32 Å². The third-order valence-electron chi connectivity index (χ3n) is 2.59. The number of anilines is 1. The summed E-state index contributed by atoms with van der Waals surface area (Å²) in [4.78, 5) is 17.2. The largest absolute Gasteiger partial charge is 0.316 e. The van der Waals surface area contributed by atoms with Crippen LogP contribution >= 0.6 is 34.4 Å². The fourth-order valence-corrected chi connectivity index (χ4v) is 3.64. The summed E-state index contributed by atoms with van der Waals surface area (Å²) in [7, 11) is 0. The number of H-pyrrole nitrogens is 1. The van der Waals surface area contributed by atoms with Crippen molar-refractivity contribution < 1.29 is 4.79 Å². The predicted molar refractivity (Wildman–Crippen MR) is 88.1 cm³/mol. The number of hydrogen-bond acceptors (Lipinski definition) is 7. The lowest BCUT2D eigenvalue weighted by atomic mass is 10.3. The zero-order chi connectivity index (χ0) is 15.4. The molecular weight excluding hydrogens is 338 g/mol. The molecule has 3 rings (SSSR count). The molecule has 2 N–H and O–H groups in total. The van der Waals surface area contributed by atoms with Gasteiger partial charge in [0, 0.05) is 0 Å². The average Bonchev–Trinajstić information content (AvgIpc) is 3.25. The molecule has 110 valence electrons. The van der Waals surface area contributed by atoms with Crippen LogP contribution in [0.25, 0.3) is 10.7 Å². The number of nitriles is 1. The second kappa shape index (κ2) is 6.74. The maximum atomic E-state index is 11.9. The van der Waals surface area contributed by atoms with Crippen molar-refractivity contribution in [1.29, 1.82) is 5.26 Å². The molecule has 1 amide bonds. The zero-order valence-electron chi connectivity index (χ0n) is 11.1. The van der Waals surface area contributed by atoms with Gasteiger partial charge in [0.1, 0.15) is 11.1 Å². The van der Waals surface area contributed by atoms with Gasteiger partial charge < -0.3 is 5.32 Å². The van der Waals surface area contributed by atoms with E-state index in [0.717, 1.165) is 4.88 Å². The highest BCUT2D eigenvalue weighted by molar-refractivity contribution is 7.99. The van der Waals surface area contributed by atoms with Gasteiger partial charge in [0.25, 0.3) is 0 Å². The van der Waals surface area contributed by atoms with Crippen LogP contribution in [0.5, 0.6) is 0 Å². The van der Waals surface area contributed by atoms with Gasteiger partial charge in [0.2, 0.25) is 11.1 Å². The third kappa shape index (κ3) is 3.36. The second-order valence-electron chi connectivity index (χ2n) is 4.06. The van der Waals surface area contributed by atoms with E-state index >= 15 is 0 Å². The molecule has 6 nitrogen and oxygen atoms in total. The van der Waals surface area contributed by atoms with Crippen molar-refractivity contribution in [3.63, 3.8) is 0 Å². The molecule has 9 heteroatoms. The number of nitrogens with zero attached hydrogens (tertiary/aromatic N) is 3. The number of nitrogens with one attached hydrogen (secondary N) is 2. The monoisotopic (exact) mass is 347 g/mol.